The number of aliphatic hydroxyl groups excluding tert-OH is 1. The van der Waals surface area contributed by atoms with Crippen LogP contribution in [0.1, 0.15) is 5.56 Å². The summed E-state index contributed by atoms with van der Waals surface area (Å²) < 4.78 is 39.9. The summed E-state index contributed by atoms with van der Waals surface area (Å²) in [5.41, 5.74) is 0.214. The van der Waals surface area contributed by atoms with Gasteiger partial charge < -0.3 is 5.11 Å². The average molecular weight is 316 g/mol. The first kappa shape index (κ1) is 14.8. The van der Waals surface area contributed by atoms with Gasteiger partial charge in [0.2, 0.25) is 0 Å². The molecule has 4 nitrogen and oxygen atoms in total. The minimum Gasteiger partial charge on any atom is -0.392 e. The summed E-state index contributed by atoms with van der Waals surface area (Å²) >= 11 is 5.70. The fourth-order valence-corrected chi connectivity index (χ4v) is 2.89. The van der Waals surface area contributed by atoms with Crippen LogP contribution in [0.25, 0.3) is 0 Å². The van der Waals surface area contributed by atoms with Crippen LogP contribution in [0.2, 0.25) is 5.02 Å². The number of halogens is 2. The molecule has 0 amide bonds. The smallest absolute Gasteiger partial charge is 0.261 e. The number of hydrogen-bond donors (Lipinski definition) is 2. The van der Waals surface area contributed by atoms with Crippen LogP contribution >= 0.6 is 11.6 Å². The molecule has 0 unspecified atom stereocenters. The number of aliphatic hydroxyl groups is 1. The predicted octanol–water partition coefficient (Wildman–Crippen LogP) is 2.77. The number of hydrogen-bond acceptors (Lipinski definition) is 3. The van der Waals surface area contributed by atoms with Gasteiger partial charge in [-0.25, -0.2) is 12.8 Å². The highest BCUT2D eigenvalue weighted by Gasteiger charge is 2.16. The van der Waals surface area contributed by atoms with Gasteiger partial charge in [0.05, 0.1) is 17.2 Å². The monoisotopic (exact) mass is 315 g/mol. The second-order valence-electron chi connectivity index (χ2n) is 4.04. The molecule has 0 spiro atoms. The molecule has 0 bridgehead atoms. The third kappa shape index (κ3) is 3.27. The highest BCUT2D eigenvalue weighted by atomic mass is 35.5. The van der Waals surface area contributed by atoms with E-state index < -0.39 is 15.8 Å². The molecule has 7 heteroatoms. The van der Waals surface area contributed by atoms with Gasteiger partial charge >= 0.3 is 0 Å². The molecule has 0 fully saturated rings. The molecule has 0 aliphatic heterocycles. The molecule has 2 aromatic carbocycles. The van der Waals surface area contributed by atoms with E-state index >= 15 is 0 Å². The Morgan fingerprint density at radius 3 is 2.65 bits per heavy atom. The van der Waals surface area contributed by atoms with Crippen molar-refractivity contribution in [2.24, 2.45) is 0 Å². The van der Waals surface area contributed by atoms with Crippen LogP contribution in [0.15, 0.2) is 47.4 Å². The van der Waals surface area contributed by atoms with Crippen molar-refractivity contribution in [3.63, 3.8) is 0 Å². The summed E-state index contributed by atoms with van der Waals surface area (Å²) in [6, 6.07) is 9.32. The van der Waals surface area contributed by atoms with E-state index in [-0.39, 0.29) is 22.2 Å². The van der Waals surface area contributed by atoms with Crippen molar-refractivity contribution in [1.82, 2.24) is 0 Å². The van der Waals surface area contributed by atoms with Gasteiger partial charge in [-0.1, -0.05) is 23.7 Å². The molecule has 2 rings (SSSR count). The normalized spacial score (nSPS) is 11.3. The fourth-order valence-electron chi connectivity index (χ4n) is 1.59. The minimum absolute atomic E-state index is 0.0663. The standard InChI is InChI=1S/C13H11ClFNO3S/c14-10-4-5-12(15)13(7-10)16-20(18,19)11-3-1-2-9(6-11)8-17/h1-7,16-17H,8H2. The van der Waals surface area contributed by atoms with Gasteiger partial charge in [0.15, 0.2) is 0 Å². The fraction of sp³-hybridized carbons (Fsp3) is 0.0769. The first-order chi connectivity index (χ1) is 9.42. The van der Waals surface area contributed by atoms with Crippen molar-refractivity contribution in [3.8, 4) is 0 Å². The van der Waals surface area contributed by atoms with Crippen LogP contribution in [0.5, 0.6) is 0 Å². The Bertz CT molecular complexity index is 734. The molecule has 0 aromatic heterocycles. The van der Waals surface area contributed by atoms with Crippen molar-refractivity contribution in [3.05, 3.63) is 58.9 Å². The molecule has 0 atom stereocenters. The maximum Gasteiger partial charge on any atom is 0.261 e. The summed E-state index contributed by atoms with van der Waals surface area (Å²) in [5, 5.41) is 9.22. The van der Waals surface area contributed by atoms with Crippen molar-refractivity contribution in [1.29, 1.82) is 0 Å². The maximum atomic E-state index is 13.5. The van der Waals surface area contributed by atoms with Crippen molar-refractivity contribution >= 4 is 27.3 Å². The number of anilines is 1. The Hall–Kier alpha value is -1.63. The Balaban J connectivity index is 2.38. The SMILES string of the molecule is O=S(=O)(Nc1cc(Cl)ccc1F)c1cccc(CO)c1. The lowest BCUT2D eigenvalue weighted by molar-refractivity contribution is 0.281. The summed E-state index contributed by atoms with van der Waals surface area (Å²) in [6.07, 6.45) is 0. The third-order valence-electron chi connectivity index (χ3n) is 2.56. The molecule has 0 aliphatic rings. The van der Waals surface area contributed by atoms with Gasteiger partial charge in [-0.2, -0.15) is 0 Å². The second kappa shape index (κ2) is 5.78. The predicted molar refractivity (Wildman–Crippen MR) is 74.6 cm³/mol. The van der Waals surface area contributed by atoms with E-state index in [0.717, 1.165) is 6.07 Å². The molecule has 0 heterocycles. The highest BCUT2D eigenvalue weighted by Crippen LogP contribution is 2.23. The molecule has 2 aromatic rings. The first-order valence-corrected chi connectivity index (χ1v) is 7.46. The second-order valence-corrected chi connectivity index (χ2v) is 6.15. The maximum absolute atomic E-state index is 13.5. The lowest BCUT2D eigenvalue weighted by Crippen LogP contribution is -2.14. The van der Waals surface area contributed by atoms with Gasteiger partial charge in [-0.05, 0) is 35.9 Å². The van der Waals surface area contributed by atoms with Gasteiger partial charge in [-0.3, -0.25) is 4.72 Å². The van der Waals surface area contributed by atoms with Gasteiger partial charge in [0, 0.05) is 5.02 Å². The zero-order valence-electron chi connectivity index (χ0n) is 10.2. The molecule has 0 radical (unpaired) electrons. The van der Waals surface area contributed by atoms with Crippen LogP contribution in [-0.4, -0.2) is 13.5 Å². The lowest BCUT2D eigenvalue weighted by Gasteiger charge is -2.10. The summed E-state index contributed by atoms with van der Waals surface area (Å²) in [5.74, 6) is -0.726. The Morgan fingerprint density at radius 1 is 1.20 bits per heavy atom. The van der Waals surface area contributed by atoms with E-state index in [4.69, 9.17) is 16.7 Å². The lowest BCUT2D eigenvalue weighted by atomic mass is 10.2. The summed E-state index contributed by atoms with van der Waals surface area (Å²) in [6.45, 7) is -0.283. The van der Waals surface area contributed by atoms with Gasteiger partial charge in [-0.15, -0.1) is 0 Å². The summed E-state index contributed by atoms with van der Waals surface area (Å²) in [7, 11) is -3.94. The van der Waals surface area contributed by atoms with Crippen LogP contribution in [0, 0.1) is 5.82 Å². The molecule has 0 saturated carbocycles. The Labute approximate surface area is 120 Å². The van der Waals surface area contributed by atoms with Crippen LogP contribution in [0.3, 0.4) is 0 Å². The van der Waals surface area contributed by atoms with Crippen LogP contribution in [-0.2, 0) is 16.6 Å². The topological polar surface area (TPSA) is 66.4 Å². The average Bonchev–Trinajstić information content (AvgIpc) is 2.43. The van der Waals surface area contributed by atoms with Crippen molar-refractivity contribution in [2.75, 3.05) is 4.72 Å². The quantitative estimate of drug-likeness (QED) is 0.911. The van der Waals surface area contributed by atoms with E-state index in [1.54, 1.807) is 6.07 Å². The largest absolute Gasteiger partial charge is 0.392 e. The Kier molecular flexibility index (Phi) is 4.27. The number of nitrogens with one attached hydrogen (secondary N) is 1. The molecule has 106 valence electrons. The molecule has 2 N–H and O–H groups in total. The molecule has 20 heavy (non-hydrogen) atoms. The molecular weight excluding hydrogens is 305 g/mol. The van der Waals surface area contributed by atoms with Crippen LogP contribution < -0.4 is 4.72 Å². The first-order valence-electron chi connectivity index (χ1n) is 5.60. The van der Waals surface area contributed by atoms with Crippen molar-refractivity contribution < 1.29 is 17.9 Å². The van der Waals surface area contributed by atoms with Gasteiger partial charge in [0.1, 0.15) is 5.82 Å². The minimum atomic E-state index is -3.94. The highest BCUT2D eigenvalue weighted by molar-refractivity contribution is 7.92. The zero-order chi connectivity index (χ0) is 14.8. The van der Waals surface area contributed by atoms with Crippen LogP contribution in [0.4, 0.5) is 10.1 Å². The number of benzene rings is 2. The van der Waals surface area contributed by atoms with E-state index in [9.17, 15) is 12.8 Å². The number of rotatable bonds is 4. The van der Waals surface area contributed by atoms with E-state index in [0.29, 0.717) is 5.56 Å². The zero-order valence-corrected chi connectivity index (χ0v) is 11.7. The molecule has 0 aliphatic carbocycles. The van der Waals surface area contributed by atoms with Crippen molar-refractivity contribution in [2.45, 2.75) is 11.5 Å². The van der Waals surface area contributed by atoms with E-state index in [1.165, 1.54) is 30.3 Å². The Morgan fingerprint density at radius 2 is 1.95 bits per heavy atom. The molecule has 0 saturated heterocycles. The number of sulfonamides is 1. The van der Waals surface area contributed by atoms with Gasteiger partial charge in [0.25, 0.3) is 10.0 Å². The summed E-state index contributed by atoms with van der Waals surface area (Å²) in [4.78, 5) is -0.0663. The molecular formula is C13H11ClFNO3S. The third-order valence-corrected chi connectivity index (χ3v) is 4.16. The van der Waals surface area contributed by atoms with E-state index in [2.05, 4.69) is 4.72 Å². The van der Waals surface area contributed by atoms with E-state index in [1.807, 2.05) is 0 Å².